The summed E-state index contributed by atoms with van der Waals surface area (Å²) >= 11 is 0. The standard InChI is InChI=1S/C75H53N3/c1-9-26-52(27-10-1)62-45-63(53-28-11-2-12-29-53)48-66(47-62)68-51-69(67-49-64(54-30-13-3-14-31-54)46-65(50-67)55-32-15-4-16-33-55)77-75(76-68)61-43-25-42-60(44-61)70-71(56-34-17-5-18-35-56)73(58-38-21-7-22-39-58)78-74(59-40-23-8-24-41-59)72(70)57-36-19-6-20-37-57/h1-45,47-51,64H,46H2. The lowest BCUT2D eigenvalue weighted by Gasteiger charge is -2.24. The Balaban J connectivity index is 1.08. The lowest BCUT2D eigenvalue weighted by atomic mass is 9.82. The van der Waals surface area contributed by atoms with Crippen molar-refractivity contribution in [3.8, 4) is 101 Å². The number of aromatic nitrogens is 3. The van der Waals surface area contributed by atoms with Crippen molar-refractivity contribution in [1.82, 2.24) is 15.0 Å². The molecule has 1 aliphatic rings. The molecule has 1 unspecified atom stereocenters. The van der Waals surface area contributed by atoms with Crippen LogP contribution in [-0.2, 0) is 0 Å². The molecule has 2 aromatic heterocycles. The molecule has 0 fully saturated rings. The zero-order chi connectivity index (χ0) is 52.0. The van der Waals surface area contributed by atoms with Gasteiger partial charge in [-0.15, -0.1) is 0 Å². The van der Waals surface area contributed by atoms with E-state index >= 15 is 0 Å². The highest BCUT2D eigenvalue weighted by Gasteiger charge is 2.27. The normalized spacial score (nSPS) is 13.1. The van der Waals surface area contributed by atoms with Crippen LogP contribution in [0.3, 0.4) is 0 Å². The molecule has 3 heteroatoms. The zero-order valence-electron chi connectivity index (χ0n) is 43.0. The minimum absolute atomic E-state index is 0.134. The first-order chi connectivity index (χ1) is 38.7. The van der Waals surface area contributed by atoms with Crippen LogP contribution < -0.4 is 0 Å². The van der Waals surface area contributed by atoms with Gasteiger partial charge in [0.25, 0.3) is 0 Å². The lowest BCUT2D eigenvalue weighted by Crippen LogP contribution is -2.06. The van der Waals surface area contributed by atoms with Crippen LogP contribution in [0.25, 0.3) is 112 Å². The SMILES string of the molecule is C1=C(c2ccccc2)CC(c2ccccc2)C=C1c1cc(-c2cc(-c3ccccc3)cc(-c3ccccc3)c2)nc(-c2cccc(-c3c(-c4ccccc4)c(-c4ccccc4)nc(-c4ccccc4)c3-c3ccccc3)c2)n1. The second kappa shape index (κ2) is 21.6. The molecule has 13 rings (SSSR count). The van der Waals surface area contributed by atoms with Crippen molar-refractivity contribution < 1.29 is 0 Å². The third-order valence-electron chi connectivity index (χ3n) is 14.8. The molecule has 0 amide bonds. The maximum Gasteiger partial charge on any atom is 0.160 e. The largest absolute Gasteiger partial charge is 0.246 e. The van der Waals surface area contributed by atoms with E-state index in [4.69, 9.17) is 15.0 Å². The summed E-state index contributed by atoms with van der Waals surface area (Å²) in [7, 11) is 0. The Morgan fingerprint density at radius 1 is 0.269 bits per heavy atom. The van der Waals surface area contributed by atoms with Gasteiger partial charge < -0.3 is 0 Å². The summed E-state index contributed by atoms with van der Waals surface area (Å²) in [4.78, 5) is 17.0. The van der Waals surface area contributed by atoms with E-state index < -0.39 is 0 Å². The van der Waals surface area contributed by atoms with Crippen molar-refractivity contribution >= 4 is 11.1 Å². The Morgan fingerprint density at radius 3 is 1.15 bits per heavy atom. The molecule has 0 saturated heterocycles. The summed E-state index contributed by atoms with van der Waals surface area (Å²) in [6.45, 7) is 0. The fraction of sp³-hybridized carbons (Fsp3) is 0.0267. The molecular formula is C75H53N3. The Labute approximate surface area is 457 Å². The number of benzene rings is 10. The van der Waals surface area contributed by atoms with Crippen LogP contribution in [0, 0.1) is 0 Å². The van der Waals surface area contributed by atoms with Gasteiger partial charge in [0.15, 0.2) is 5.82 Å². The van der Waals surface area contributed by atoms with Crippen molar-refractivity contribution in [2.45, 2.75) is 12.3 Å². The van der Waals surface area contributed by atoms with Gasteiger partial charge in [-0.2, -0.15) is 0 Å². The van der Waals surface area contributed by atoms with Crippen LogP contribution in [-0.4, -0.2) is 15.0 Å². The molecular weight excluding hydrogens is 943 g/mol. The van der Waals surface area contributed by atoms with E-state index in [1.807, 2.05) is 0 Å². The fourth-order valence-electron chi connectivity index (χ4n) is 11.0. The van der Waals surface area contributed by atoms with E-state index in [1.54, 1.807) is 0 Å². The summed E-state index contributed by atoms with van der Waals surface area (Å²) in [5.41, 5.74) is 23.2. The first kappa shape index (κ1) is 47.6. The molecule has 3 nitrogen and oxygen atoms in total. The minimum Gasteiger partial charge on any atom is -0.246 e. The molecule has 0 saturated carbocycles. The molecule has 0 spiro atoms. The van der Waals surface area contributed by atoms with Crippen LogP contribution >= 0.6 is 0 Å². The smallest absolute Gasteiger partial charge is 0.160 e. The Kier molecular flexibility index (Phi) is 13.2. The van der Waals surface area contributed by atoms with Crippen LogP contribution in [0.4, 0.5) is 0 Å². The van der Waals surface area contributed by atoms with E-state index in [0.29, 0.717) is 5.82 Å². The van der Waals surface area contributed by atoms with Crippen LogP contribution in [0.2, 0.25) is 0 Å². The Bertz CT molecular complexity index is 3940. The van der Waals surface area contributed by atoms with Gasteiger partial charge in [-0.1, -0.05) is 267 Å². The van der Waals surface area contributed by atoms with Gasteiger partial charge in [0.1, 0.15) is 0 Å². The van der Waals surface area contributed by atoms with Gasteiger partial charge in [-0.3, -0.25) is 0 Å². The van der Waals surface area contributed by atoms with E-state index in [9.17, 15) is 0 Å². The van der Waals surface area contributed by atoms with Gasteiger partial charge >= 0.3 is 0 Å². The Hall–Kier alpha value is -10.1. The molecule has 0 N–H and O–H groups in total. The van der Waals surface area contributed by atoms with E-state index in [1.165, 1.54) is 16.7 Å². The van der Waals surface area contributed by atoms with Gasteiger partial charge in [-0.05, 0) is 104 Å². The maximum atomic E-state index is 5.72. The van der Waals surface area contributed by atoms with Crippen LogP contribution in [0.5, 0.6) is 0 Å². The molecule has 0 radical (unpaired) electrons. The second-order valence-corrected chi connectivity index (χ2v) is 19.9. The topological polar surface area (TPSA) is 38.7 Å². The van der Waals surface area contributed by atoms with Gasteiger partial charge in [0, 0.05) is 44.9 Å². The molecule has 0 aliphatic heterocycles. The molecule has 12 aromatic rings. The molecule has 1 aliphatic carbocycles. The number of rotatable bonds is 12. The molecule has 2 heterocycles. The number of pyridine rings is 1. The molecule has 368 valence electrons. The third kappa shape index (κ3) is 9.85. The van der Waals surface area contributed by atoms with Crippen molar-refractivity contribution in [1.29, 1.82) is 0 Å². The minimum atomic E-state index is 0.134. The van der Waals surface area contributed by atoms with Gasteiger partial charge in [-0.25, -0.2) is 15.0 Å². The number of allylic oxidation sites excluding steroid dienone is 4. The van der Waals surface area contributed by atoms with Crippen molar-refractivity contribution in [2.75, 3.05) is 0 Å². The van der Waals surface area contributed by atoms with Gasteiger partial charge in [0.2, 0.25) is 0 Å². The lowest BCUT2D eigenvalue weighted by molar-refractivity contribution is 0.869. The van der Waals surface area contributed by atoms with Crippen molar-refractivity contribution in [3.05, 3.63) is 320 Å². The second-order valence-electron chi connectivity index (χ2n) is 19.9. The number of hydrogen-bond donors (Lipinski definition) is 0. The number of hydrogen-bond acceptors (Lipinski definition) is 3. The average molecular weight is 996 g/mol. The van der Waals surface area contributed by atoms with Gasteiger partial charge in [0.05, 0.1) is 22.8 Å². The molecule has 10 aromatic carbocycles. The highest BCUT2D eigenvalue weighted by atomic mass is 14.9. The third-order valence-corrected chi connectivity index (χ3v) is 14.8. The van der Waals surface area contributed by atoms with Crippen LogP contribution in [0.1, 0.15) is 29.2 Å². The first-order valence-corrected chi connectivity index (χ1v) is 26.8. The van der Waals surface area contributed by atoms with E-state index in [0.717, 1.165) is 113 Å². The summed E-state index contributed by atoms with van der Waals surface area (Å²) in [6, 6.07) is 104. The zero-order valence-corrected chi connectivity index (χ0v) is 43.0. The van der Waals surface area contributed by atoms with Crippen molar-refractivity contribution in [2.24, 2.45) is 0 Å². The summed E-state index contributed by atoms with van der Waals surface area (Å²) in [6.07, 6.45) is 5.64. The summed E-state index contributed by atoms with van der Waals surface area (Å²) in [5.74, 6) is 0.770. The molecule has 0 bridgehead atoms. The van der Waals surface area contributed by atoms with Crippen molar-refractivity contribution in [3.63, 3.8) is 0 Å². The molecule has 1 atom stereocenters. The predicted octanol–water partition coefficient (Wildman–Crippen LogP) is 19.5. The van der Waals surface area contributed by atoms with Crippen LogP contribution in [0.15, 0.2) is 303 Å². The Morgan fingerprint density at radius 2 is 0.654 bits per heavy atom. The number of nitrogens with zero attached hydrogens (tertiary/aromatic N) is 3. The maximum absolute atomic E-state index is 5.72. The highest BCUT2D eigenvalue weighted by molar-refractivity contribution is 6.05. The predicted molar refractivity (Wildman–Crippen MR) is 325 cm³/mol. The summed E-state index contributed by atoms with van der Waals surface area (Å²) < 4.78 is 0. The monoisotopic (exact) mass is 995 g/mol. The average Bonchev–Trinajstić information content (AvgIpc) is 3.73. The summed E-state index contributed by atoms with van der Waals surface area (Å²) in [5, 5.41) is 0. The molecule has 78 heavy (non-hydrogen) atoms. The highest BCUT2D eigenvalue weighted by Crippen LogP contribution is 2.49. The quantitative estimate of drug-likeness (QED) is 0.122. The first-order valence-electron chi connectivity index (χ1n) is 26.8. The van der Waals surface area contributed by atoms with E-state index in [2.05, 4.69) is 303 Å². The van der Waals surface area contributed by atoms with E-state index in [-0.39, 0.29) is 5.92 Å². The fourth-order valence-corrected chi connectivity index (χ4v) is 11.0.